The summed E-state index contributed by atoms with van der Waals surface area (Å²) >= 11 is 0. The second kappa shape index (κ2) is 18.6. The molecule has 0 aliphatic heterocycles. The average Bonchev–Trinajstić information content (AvgIpc) is 3.13. The Kier molecular flexibility index (Phi) is 13.7. The van der Waals surface area contributed by atoms with Crippen LogP contribution in [0.5, 0.6) is 11.5 Å². The van der Waals surface area contributed by atoms with E-state index in [1.54, 1.807) is 0 Å². The molecular weight excluding hydrogens is 604 g/mol. The molecule has 4 aromatic rings. The fourth-order valence-corrected chi connectivity index (χ4v) is 5.05. The van der Waals surface area contributed by atoms with Gasteiger partial charge in [-0.15, -0.1) is 0 Å². The van der Waals surface area contributed by atoms with E-state index in [9.17, 15) is 9.59 Å². The zero-order valence-electron chi connectivity index (χ0n) is 27.8. The molecule has 8 heteroatoms. The van der Waals surface area contributed by atoms with Crippen molar-refractivity contribution in [1.29, 1.82) is 0 Å². The van der Waals surface area contributed by atoms with E-state index in [4.69, 9.17) is 18.9 Å². The van der Waals surface area contributed by atoms with E-state index < -0.39 is 11.9 Å². The van der Waals surface area contributed by atoms with Gasteiger partial charge in [0, 0.05) is 60.8 Å². The van der Waals surface area contributed by atoms with Crippen molar-refractivity contribution >= 4 is 34.7 Å². The number of carbonyl (C=O) groups is 2. The normalized spacial score (nSPS) is 10.5. The summed E-state index contributed by atoms with van der Waals surface area (Å²) in [5.41, 5.74) is 6.42. The molecule has 0 fully saturated rings. The molecule has 0 saturated heterocycles. The van der Waals surface area contributed by atoms with Crippen LogP contribution < -0.4 is 19.3 Å². The number of benzene rings is 4. The fraction of sp³-hybridized carbons (Fsp3) is 0.250. The average molecular weight is 649 g/mol. The first-order valence-corrected chi connectivity index (χ1v) is 16.2. The molecule has 0 heterocycles. The van der Waals surface area contributed by atoms with Gasteiger partial charge in [-0.25, -0.2) is 9.59 Å². The minimum atomic E-state index is -0.438. The molecule has 0 radical (unpaired) electrons. The Labute approximate surface area is 283 Å². The maximum absolute atomic E-state index is 11.2. The van der Waals surface area contributed by atoms with Gasteiger partial charge in [0.05, 0.1) is 26.4 Å². The van der Waals surface area contributed by atoms with Gasteiger partial charge < -0.3 is 28.7 Å². The molecular formula is C40H44N2O6. The molecule has 4 rings (SSSR count). The molecule has 0 bridgehead atoms. The van der Waals surface area contributed by atoms with E-state index in [2.05, 4.69) is 85.3 Å². The van der Waals surface area contributed by atoms with Crippen LogP contribution in [-0.4, -0.2) is 51.5 Å². The molecule has 0 saturated carbocycles. The van der Waals surface area contributed by atoms with E-state index in [0.29, 0.717) is 26.1 Å². The number of hydrogen-bond donors (Lipinski definition) is 0. The van der Waals surface area contributed by atoms with Gasteiger partial charge in [0.2, 0.25) is 0 Å². The van der Waals surface area contributed by atoms with Crippen LogP contribution in [0.3, 0.4) is 0 Å². The molecule has 0 amide bonds. The van der Waals surface area contributed by atoms with Crippen molar-refractivity contribution in [2.24, 2.45) is 0 Å². The molecule has 0 atom stereocenters. The maximum Gasteiger partial charge on any atom is 0.330 e. The molecule has 0 N–H and O–H groups in total. The maximum atomic E-state index is 11.2. The smallest absolute Gasteiger partial charge is 0.330 e. The summed E-state index contributed by atoms with van der Waals surface area (Å²) in [6, 6.07) is 33.0. The van der Waals surface area contributed by atoms with Crippen LogP contribution in [0.15, 0.2) is 122 Å². The highest BCUT2D eigenvalue weighted by Gasteiger charge is 2.14. The van der Waals surface area contributed by atoms with Crippen LogP contribution >= 0.6 is 0 Å². The lowest BCUT2D eigenvalue weighted by molar-refractivity contribution is -0.138. The van der Waals surface area contributed by atoms with Gasteiger partial charge in [0.25, 0.3) is 0 Å². The van der Waals surface area contributed by atoms with Crippen molar-refractivity contribution < 1.29 is 28.5 Å². The number of carbonyl (C=O) groups excluding carboxylic acids is 2. The lowest BCUT2D eigenvalue weighted by atomic mass is 10.0. The summed E-state index contributed by atoms with van der Waals surface area (Å²) in [6.45, 7) is 14.5. The van der Waals surface area contributed by atoms with Gasteiger partial charge in [-0.3, -0.25) is 0 Å². The van der Waals surface area contributed by atoms with Crippen LogP contribution in [0.1, 0.15) is 26.7 Å². The number of rotatable bonds is 19. The highest BCUT2D eigenvalue weighted by Crippen LogP contribution is 2.37. The van der Waals surface area contributed by atoms with E-state index in [0.717, 1.165) is 64.9 Å². The van der Waals surface area contributed by atoms with Crippen molar-refractivity contribution in [3.63, 3.8) is 0 Å². The van der Waals surface area contributed by atoms with Gasteiger partial charge in [0.1, 0.15) is 11.5 Å². The summed E-state index contributed by atoms with van der Waals surface area (Å²) in [4.78, 5) is 27.0. The standard InChI is InChI=1S/C40H44N2O6/c1-5-39(43)47-29-9-27-45-37-23-19-35(20-24-37)42(36-21-25-38(26-22-36)46-28-10-30-48-40(44)6-2)34-17-13-32(14-18-34)31-11-15-33(16-12-31)41(7-3)8-4/h5-6,11-26H,1-2,7-10,27-30H2,3-4H3. The summed E-state index contributed by atoms with van der Waals surface area (Å²) in [7, 11) is 0. The van der Waals surface area contributed by atoms with E-state index in [-0.39, 0.29) is 13.2 Å². The van der Waals surface area contributed by atoms with Gasteiger partial charge in [-0.05, 0) is 97.8 Å². The molecule has 250 valence electrons. The van der Waals surface area contributed by atoms with Crippen LogP contribution in [0, 0.1) is 0 Å². The van der Waals surface area contributed by atoms with Gasteiger partial charge in [0.15, 0.2) is 0 Å². The summed E-state index contributed by atoms with van der Waals surface area (Å²) in [5, 5.41) is 0. The lowest BCUT2D eigenvalue weighted by Gasteiger charge is -2.26. The van der Waals surface area contributed by atoms with E-state index >= 15 is 0 Å². The highest BCUT2D eigenvalue weighted by atomic mass is 16.5. The van der Waals surface area contributed by atoms with Gasteiger partial charge >= 0.3 is 11.9 Å². The summed E-state index contributed by atoms with van der Waals surface area (Å²) < 4.78 is 21.8. The Morgan fingerprint density at radius 3 is 1.25 bits per heavy atom. The number of hydrogen-bond acceptors (Lipinski definition) is 8. The largest absolute Gasteiger partial charge is 0.493 e. The van der Waals surface area contributed by atoms with Crippen molar-refractivity contribution in [3.8, 4) is 22.6 Å². The molecule has 0 unspecified atom stereocenters. The van der Waals surface area contributed by atoms with E-state index in [1.165, 1.54) is 5.69 Å². The first-order chi connectivity index (χ1) is 23.4. The predicted molar refractivity (Wildman–Crippen MR) is 193 cm³/mol. The molecule has 8 nitrogen and oxygen atoms in total. The van der Waals surface area contributed by atoms with Crippen LogP contribution in [0.4, 0.5) is 22.7 Å². The van der Waals surface area contributed by atoms with Crippen molar-refractivity contribution in [2.45, 2.75) is 26.7 Å². The Balaban J connectivity index is 1.50. The number of nitrogens with zero attached hydrogens (tertiary/aromatic N) is 2. The van der Waals surface area contributed by atoms with Crippen LogP contribution in [0.25, 0.3) is 11.1 Å². The zero-order chi connectivity index (χ0) is 34.1. The number of anilines is 4. The quantitative estimate of drug-likeness (QED) is 0.0568. The summed E-state index contributed by atoms with van der Waals surface area (Å²) in [5.74, 6) is 0.568. The van der Waals surface area contributed by atoms with Crippen LogP contribution in [0.2, 0.25) is 0 Å². The molecule has 4 aromatic carbocycles. The Hall–Kier alpha value is -5.50. The number of ether oxygens (including phenoxy) is 4. The minimum Gasteiger partial charge on any atom is -0.493 e. The Morgan fingerprint density at radius 1 is 0.542 bits per heavy atom. The van der Waals surface area contributed by atoms with Crippen LogP contribution in [-0.2, 0) is 19.1 Å². The highest BCUT2D eigenvalue weighted by molar-refractivity contribution is 5.81. The SMILES string of the molecule is C=CC(=O)OCCCOc1ccc(N(c2ccc(OCCCOC(=O)C=C)cc2)c2ccc(-c3ccc(N(CC)CC)cc3)cc2)cc1. The minimum absolute atomic E-state index is 0.273. The fourth-order valence-electron chi connectivity index (χ4n) is 5.05. The molecule has 0 aromatic heterocycles. The molecule has 0 spiro atoms. The predicted octanol–water partition coefficient (Wildman–Crippen LogP) is 8.67. The van der Waals surface area contributed by atoms with E-state index in [1.807, 2.05) is 48.5 Å². The second-order valence-corrected chi connectivity index (χ2v) is 10.7. The van der Waals surface area contributed by atoms with Crippen molar-refractivity contribution in [1.82, 2.24) is 0 Å². The Bertz CT molecular complexity index is 1520. The van der Waals surface area contributed by atoms with Crippen molar-refractivity contribution in [3.05, 3.63) is 122 Å². The number of esters is 2. The third-order valence-electron chi connectivity index (χ3n) is 7.58. The summed E-state index contributed by atoms with van der Waals surface area (Å²) in [6.07, 6.45) is 3.45. The first kappa shape index (κ1) is 35.4. The van der Waals surface area contributed by atoms with Crippen molar-refractivity contribution in [2.75, 3.05) is 49.3 Å². The first-order valence-electron chi connectivity index (χ1n) is 16.2. The third kappa shape index (κ3) is 10.3. The van der Waals surface area contributed by atoms with Gasteiger partial charge in [-0.1, -0.05) is 37.4 Å². The topological polar surface area (TPSA) is 77.5 Å². The molecule has 0 aliphatic carbocycles. The molecule has 48 heavy (non-hydrogen) atoms. The lowest BCUT2D eigenvalue weighted by Crippen LogP contribution is -2.21. The second-order valence-electron chi connectivity index (χ2n) is 10.7. The molecule has 0 aliphatic rings. The monoisotopic (exact) mass is 648 g/mol. The Morgan fingerprint density at radius 2 is 0.896 bits per heavy atom. The third-order valence-corrected chi connectivity index (χ3v) is 7.58. The zero-order valence-corrected chi connectivity index (χ0v) is 27.8. The van der Waals surface area contributed by atoms with Gasteiger partial charge in [-0.2, -0.15) is 0 Å².